The van der Waals surface area contributed by atoms with Gasteiger partial charge in [-0.15, -0.1) is 10.2 Å². The summed E-state index contributed by atoms with van der Waals surface area (Å²) in [5.41, 5.74) is 4.19. The van der Waals surface area contributed by atoms with Gasteiger partial charge in [-0.3, -0.25) is 4.79 Å². The van der Waals surface area contributed by atoms with Gasteiger partial charge >= 0.3 is 0 Å². The number of amides is 1. The Morgan fingerprint density at radius 2 is 1.92 bits per heavy atom. The number of carbonyl (C=O) groups excluding carboxylic acids is 1. The van der Waals surface area contributed by atoms with Crippen LogP contribution < -0.4 is 4.74 Å². The molecule has 1 amide bonds. The summed E-state index contributed by atoms with van der Waals surface area (Å²) in [4.78, 5) is 19.7. The minimum atomic E-state index is -0.269. The van der Waals surface area contributed by atoms with Gasteiger partial charge in [0.1, 0.15) is 17.4 Å². The largest absolute Gasteiger partial charge is 0.496 e. The molecule has 0 aliphatic carbocycles. The molecule has 0 fully saturated rings. The number of para-hydroxylation sites is 1. The number of hydrogen-bond donors (Lipinski definition) is 0. The monoisotopic (exact) mass is 496 g/mol. The number of fused-ring (bicyclic) bond motifs is 2. The Bertz CT molecular complexity index is 1610. The van der Waals surface area contributed by atoms with E-state index in [1.165, 1.54) is 12.1 Å². The number of methoxy groups -OCH3 is 1. The number of nitrogens with zero attached hydrogens (tertiary/aromatic N) is 6. The van der Waals surface area contributed by atoms with Crippen LogP contribution in [0.3, 0.4) is 0 Å². The summed E-state index contributed by atoms with van der Waals surface area (Å²) in [5, 5.41) is 8.62. The third-order valence-electron chi connectivity index (χ3n) is 6.77. The van der Waals surface area contributed by atoms with Crippen LogP contribution in [0.15, 0.2) is 73.1 Å². The molecule has 9 heteroatoms. The van der Waals surface area contributed by atoms with Crippen LogP contribution in [-0.4, -0.2) is 48.8 Å². The van der Waals surface area contributed by atoms with Crippen molar-refractivity contribution >= 4 is 16.9 Å². The van der Waals surface area contributed by atoms with Gasteiger partial charge in [0.25, 0.3) is 5.91 Å². The van der Waals surface area contributed by atoms with E-state index in [2.05, 4.69) is 15.2 Å². The van der Waals surface area contributed by atoms with Gasteiger partial charge in [-0.2, -0.15) is 0 Å². The first-order valence-corrected chi connectivity index (χ1v) is 12.1. The highest BCUT2D eigenvalue weighted by Gasteiger charge is 2.25. The second kappa shape index (κ2) is 9.50. The Balaban J connectivity index is 1.18. The molecule has 0 bridgehead atoms. The van der Waals surface area contributed by atoms with Crippen molar-refractivity contribution in [1.29, 1.82) is 0 Å². The number of halogens is 1. The average Bonchev–Trinajstić information content (AvgIpc) is 3.51. The van der Waals surface area contributed by atoms with Gasteiger partial charge in [0.2, 0.25) is 0 Å². The highest BCUT2D eigenvalue weighted by Crippen LogP contribution is 2.23. The Morgan fingerprint density at radius 1 is 1.03 bits per heavy atom. The zero-order valence-electron chi connectivity index (χ0n) is 20.3. The fraction of sp³-hybridized carbons (Fsp3) is 0.214. The van der Waals surface area contributed by atoms with Crippen LogP contribution in [0.25, 0.3) is 11.0 Å². The first-order chi connectivity index (χ1) is 18.1. The summed E-state index contributed by atoms with van der Waals surface area (Å²) in [6.07, 6.45) is 2.28. The molecule has 5 aromatic rings. The molecule has 3 aromatic carbocycles. The van der Waals surface area contributed by atoms with Crippen LogP contribution >= 0.6 is 0 Å². The van der Waals surface area contributed by atoms with Gasteiger partial charge in [0.15, 0.2) is 5.82 Å². The van der Waals surface area contributed by atoms with E-state index in [-0.39, 0.29) is 11.7 Å². The van der Waals surface area contributed by atoms with Crippen LogP contribution in [0.5, 0.6) is 5.75 Å². The van der Waals surface area contributed by atoms with Crippen molar-refractivity contribution in [3.05, 3.63) is 107 Å². The van der Waals surface area contributed by atoms with Crippen molar-refractivity contribution in [2.45, 2.75) is 26.1 Å². The zero-order chi connectivity index (χ0) is 25.4. The zero-order valence-corrected chi connectivity index (χ0v) is 20.3. The topological polar surface area (TPSA) is 78.1 Å². The van der Waals surface area contributed by atoms with E-state index in [9.17, 15) is 9.18 Å². The lowest BCUT2D eigenvalue weighted by Gasteiger charge is -2.28. The van der Waals surface area contributed by atoms with Gasteiger partial charge in [-0.05, 0) is 42.0 Å². The molecule has 0 radical (unpaired) electrons. The van der Waals surface area contributed by atoms with Crippen LogP contribution in [0.1, 0.15) is 33.1 Å². The summed E-state index contributed by atoms with van der Waals surface area (Å²) in [6.45, 7) is 2.12. The fourth-order valence-corrected chi connectivity index (χ4v) is 4.87. The second-order valence-electron chi connectivity index (χ2n) is 9.11. The molecule has 8 nitrogen and oxygen atoms in total. The highest BCUT2D eigenvalue weighted by atomic mass is 19.1. The number of aromatic nitrogens is 5. The van der Waals surface area contributed by atoms with Crippen molar-refractivity contribution in [2.75, 3.05) is 13.7 Å². The third kappa shape index (κ3) is 4.44. The molecule has 2 aromatic heterocycles. The van der Waals surface area contributed by atoms with Gasteiger partial charge in [-0.25, -0.2) is 9.37 Å². The summed E-state index contributed by atoms with van der Waals surface area (Å²) in [5.74, 6) is 1.99. The van der Waals surface area contributed by atoms with Crippen molar-refractivity contribution in [3.63, 3.8) is 0 Å². The average molecular weight is 497 g/mol. The normalized spacial score (nSPS) is 13.1. The minimum absolute atomic E-state index is 0.0675. The molecule has 0 saturated carbocycles. The molecule has 6 rings (SSSR count). The van der Waals surface area contributed by atoms with Crippen molar-refractivity contribution < 1.29 is 13.9 Å². The SMILES string of the molecule is COc1ccccc1Cn1cnc2cc(C(=O)N3CCn4c(Cc5cccc(F)c5)nnc4C3)ccc21. The lowest BCUT2D eigenvalue weighted by atomic mass is 10.1. The van der Waals surface area contributed by atoms with Crippen LogP contribution in [-0.2, 0) is 26.1 Å². The molecule has 0 N–H and O–H groups in total. The molecule has 1 aliphatic heterocycles. The molecule has 0 atom stereocenters. The summed E-state index contributed by atoms with van der Waals surface area (Å²) < 4.78 is 23.1. The maximum Gasteiger partial charge on any atom is 0.254 e. The van der Waals surface area contributed by atoms with Crippen LogP contribution in [0, 0.1) is 5.82 Å². The number of ether oxygens (including phenoxy) is 1. The smallest absolute Gasteiger partial charge is 0.254 e. The summed E-state index contributed by atoms with van der Waals surface area (Å²) in [6, 6.07) is 20.0. The van der Waals surface area contributed by atoms with Gasteiger partial charge in [0.05, 0.1) is 37.6 Å². The molecule has 1 aliphatic rings. The molecule has 186 valence electrons. The first-order valence-electron chi connectivity index (χ1n) is 12.1. The lowest BCUT2D eigenvalue weighted by Crippen LogP contribution is -2.38. The van der Waals surface area contributed by atoms with E-state index in [1.54, 1.807) is 24.4 Å². The second-order valence-corrected chi connectivity index (χ2v) is 9.11. The van der Waals surface area contributed by atoms with Crippen LogP contribution in [0.4, 0.5) is 4.39 Å². The van der Waals surface area contributed by atoms with Gasteiger partial charge < -0.3 is 18.8 Å². The first kappa shape index (κ1) is 22.9. The molecule has 0 spiro atoms. The Labute approximate surface area is 212 Å². The molecular formula is C28H25FN6O2. The maximum absolute atomic E-state index is 13.6. The summed E-state index contributed by atoms with van der Waals surface area (Å²) >= 11 is 0. The van der Waals surface area contributed by atoms with Crippen molar-refractivity contribution in [2.24, 2.45) is 0 Å². The van der Waals surface area contributed by atoms with Crippen LogP contribution in [0.2, 0.25) is 0 Å². The fourth-order valence-electron chi connectivity index (χ4n) is 4.87. The van der Waals surface area contributed by atoms with E-state index in [0.29, 0.717) is 38.2 Å². The number of imidazole rings is 1. The van der Waals surface area contributed by atoms with E-state index < -0.39 is 0 Å². The number of hydrogen-bond acceptors (Lipinski definition) is 5. The number of carbonyl (C=O) groups is 1. The number of benzene rings is 3. The quantitative estimate of drug-likeness (QED) is 0.354. The molecular weight excluding hydrogens is 471 g/mol. The van der Waals surface area contributed by atoms with E-state index in [4.69, 9.17) is 4.74 Å². The molecule has 0 saturated heterocycles. The van der Waals surface area contributed by atoms with Crippen molar-refractivity contribution in [3.8, 4) is 5.75 Å². The van der Waals surface area contributed by atoms with E-state index >= 15 is 0 Å². The predicted molar refractivity (Wildman–Crippen MR) is 136 cm³/mol. The molecule has 37 heavy (non-hydrogen) atoms. The van der Waals surface area contributed by atoms with Crippen molar-refractivity contribution in [1.82, 2.24) is 29.2 Å². The van der Waals surface area contributed by atoms with E-state index in [0.717, 1.165) is 39.6 Å². The minimum Gasteiger partial charge on any atom is -0.496 e. The number of rotatable bonds is 6. The summed E-state index contributed by atoms with van der Waals surface area (Å²) in [7, 11) is 1.66. The lowest BCUT2D eigenvalue weighted by molar-refractivity contribution is 0.0706. The standard InChI is InChI=1S/C28H25FN6O2/c1-37-25-8-3-2-6-21(25)16-34-18-30-23-15-20(9-10-24(23)34)28(36)33-11-12-35-26(31-32-27(35)17-33)14-19-5-4-7-22(29)13-19/h2-10,13,15,18H,11-12,14,16-17H2,1H3. The van der Waals surface area contributed by atoms with E-state index in [1.807, 2.05) is 57.7 Å². The predicted octanol–water partition coefficient (Wildman–Crippen LogP) is 4.07. The maximum atomic E-state index is 13.6. The van der Waals surface area contributed by atoms with Gasteiger partial charge in [-0.1, -0.05) is 30.3 Å². The Morgan fingerprint density at radius 3 is 2.78 bits per heavy atom. The molecule has 0 unspecified atom stereocenters. The Kier molecular flexibility index (Phi) is 5.88. The molecule has 3 heterocycles. The van der Waals surface area contributed by atoms with Gasteiger partial charge in [0, 0.05) is 30.6 Å². The third-order valence-corrected chi connectivity index (χ3v) is 6.77. The highest BCUT2D eigenvalue weighted by molar-refractivity contribution is 5.97. The Hall–Kier alpha value is -4.53.